The third kappa shape index (κ3) is 4.58. The zero-order valence-corrected chi connectivity index (χ0v) is 18.5. The second kappa shape index (κ2) is 9.13. The summed E-state index contributed by atoms with van der Waals surface area (Å²) in [5.41, 5.74) is 0.630. The highest BCUT2D eigenvalue weighted by Gasteiger charge is 2.33. The fraction of sp³-hybridized carbons (Fsp3) is 0.632. The van der Waals surface area contributed by atoms with Crippen LogP contribution in [0.5, 0.6) is 0 Å². The molecule has 4 heterocycles. The van der Waals surface area contributed by atoms with Crippen LogP contribution in [0.15, 0.2) is 20.2 Å². The molecule has 30 heavy (non-hydrogen) atoms. The van der Waals surface area contributed by atoms with Crippen molar-refractivity contribution in [2.24, 2.45) is 5.92 Å². The molecule has 1 atom stereocenters. The first kappa shape index (κ1) is 21.4. The normalized spacial score (nSPS) is 21.2. The summed E-state index contributed by atoms with van der Waals surface area (Å²) in [5, 5.41) is 8.58. The molecule has 2 fully saturated rings. The molecule has 9 nitrogen and oxygen atoms in total. The number of ether oxygens (including phenoxy) is 1. The minimum Gasteiger partial charge on any atom is -0.376 e. The van der Waals surface area contributed by atoms with E-state index in [-0.39, 0.29) is 22.1 Å². The molecule has 1 N–H and O–H groups in total. The van der Waals surface area contributed by atoms with Gasteiger partial charge in [-0.15, -0.1) is 11.3 Å². The minimum atomic E-state index is -3.61. The van der Waals surface area contributed by atoms with E-state index in [9.17, 15) is 13.2 Å². The predicted molar refractivity (Wildman–Crippen MR) is 110 cm³/mol. The van der Waals surface area contributed by atoms with E-state index in [4.69, 9.17) is 9.26 Å². The van der Waals surface area contributed by atoms with Crippen LogP contribution in [0.1, 0.15) is 38.5 Å². The minimum absolute atomic E-state index is 0.00945. The van der Waals surface area contributed by atoms with Gasteiger partial charge in [0.1, 0.15) is 4.21 Å². The lowest BCUT2D eigenvalue weighted by molar-refractivity contribution is -0.126. The van der Waals surface area contributed by atoms with Crippen LogP contribution in [0.4, 0.5) is 0 Å². The number of carbonyl (C=O) groups is 1. The smallest absolute Gasteiger partial charge is 0.252 e. The van der Waals surface area contributed by atoms with Crippen LogP contribution in [0.2, 0.25) is 0 Å². The van der Waals surface area contributed by atoms with Gasteiger partial charge in [-0.25, -0.2) is 8.42 Å². The van der Waals surface area contributed by atoms with Crippen LogP contribution in [0, 0.1) is 5.92 Å². The summed E-state index contributed by atoms with van der Waals surface area (Å²) in [4.78, 5) is 16.7. The first-order valence-corrected chi connectivity index (χ1v) is 12.6. The Hall–Kier alpha value is -1.82. The topological polar surface area (TPSA) is 115 Å². The number of nitrogens with one attached hydrogen (secondary N) is 1. The molecule has 1 amide bonds. The van der Waals surface area contributed by atoms with E-state index >= 15 is 0 Å². The molecule has 2 aromatic heterocycles. The van der Waals surface area contributed by atoms with Crippen molar-refractivity contribution in [3.05, 3.63) is 17.3 Å². The van der Waals surface area contributed by atoms with Gasteiger partial charge in [0.05, 0.1) is 6.10 Å². The molecule has 0 saturated carbocycles. The first-order valence-electron chi connectivity index (χ1n) is 10.3. The molecule has 0 radical (unpaired) electrons. The second-order valence-corrected chi connectivity index (χ2v) is 10.7. The number of hydrogen-bond donors (Lipinski definition) is 1. The van der Waals surface area contributed by atoms with Gasteiger partial charge in [0, 0.05) is 49.5 Å². The van der Waals surface area contributed by atoms with Crippen LogP contribution in [0.3, 0.4) is 0 Å². The summed E-state index contributed by atoms with van der Waals surface area (Å²) in [6, 6.07) is 1.59. The molecule has 2 aliphatic rings. The molecular weight excluding hydrogens is 428 g/mol. The fourth-order valence-corrected chi connectivity index (χ4v) is 6.51. The van der Waals surface area contributed by atoms with Crippen LogP contribution in [0.25, 0.3) is 11.4 Å². The van der Waals surface area contributed by atoms with Crippen molar-refractivity contribution in [1.82, 2.24) is 19.8 Å². The summed E-state index contributed by atoms with van der Waals surface area (Å²) in [6.07, 6.45) is 3.77. The Morgan fingerprint density at radius 3 is 2.80 bits per heavy atom. The summed E-state index contributed by atoms with van der Waals surface area (Å²) in [7, 11) is -3.61. The molecule has 0 spiro atoms. The summed E-state index contributed by atoms with van der Waals surface area (Å²) in [5.74, 6) is 0.736. The maximum atomic E-state index is 13.0. The third-order valence-electron chi connectivity index (χ3n) is 5.55. The molecule has 2 aliphatic heterocycles. The van der Waals surface area contributed by atoms with E-state index < -0.39 is 10.0 Å². The first-order chi connectivity index (χ1) is 14.5. The highest BCUT2D eigenvalue weighted by atomic mass is 32.2. The van der Waals surface area contributed by atoms with Gasteiger partial charge >= 0.3 is 0 Å². The lowest BCUT2D eigenvalue weighted by Gasteiger charge is -2.30. The van der Waals surface area contributed by atoms with E-state index in [1.54, 1.807) is 11.4 Å². The van der Waals surface area contributed by atoms with Crippen molar-refractivity contribution in [3.63, 3.8) is 0 Å². The zero-order valence-electron chi connectivity index (χ0n) is 16.9. The number of rotatable bonds is 7. The average molecular weight is 455 g/mol. The van der Waals surface area contributed by atoms with Crippen molar-refractivity contribution >= 4 is 27.3 Å². The van der Waals surface area contributed by atoms with Crippen molar-refractivity contribution in [3.8, 4) is 11.4 Å². The van der Waals surface area contributed by atoms with Gasteiger partial charge in [0.2, 0.25) is 17.6 Å². The monoisotopic (exact) mass is 454 g/mol. The highest BCUT2D eigenvalue weighted by molar-refractivity contribution is 7.91. The molecule has 4 rings (SSSR count). The summed E-state index contributed by atoms with van der Waals surface area (Å²) < 4.78 is 38.4. The molecule has 2 saturated heterocycles. The Bertz CT molecular complexity index is 973. The Labute approximate surface area is 179 Å². The van der Waals surface area contributed by atoms with E-state index in [2.05, 4.69) is 15.5 Å². The van der Waals surface area contributed by atoms with Gasteiger partial charge in [-0.1, -0.05) is 12.1 Å². The van der Waals surface area contributed by atoms with Gasteiger partial charge in [0.25, 0.3) is 10.0 Å². The molecule has 164 valence electrons. The molecular formula is C19H26N4O5S2. The van der Waals surface area contributed by atoms with Crippen molar-refractivity contribution in [2.45, 2.75) is 49.3 Å². The maximum absolute atomic E-state index is 13.0. The van der Waals surface area contributed by atoms with Crippen LogP contribution >= 0.6 is 11.3 Å². The standard InChI is InChI=1S/C19H26N4O5S2/c1-2-16-21-18(22-28-16)14-10-17(29-12-14)30(25,26)23-7-5-13(6-8-23)19(24)20-11-15-4-3-9-27-15/h10,12-13,15H,2-9,11H2,1H3,(H,20,24). The third-order valence-corrected chi connectivity index (χ3v) is 8.86. The number of nitrogens with zero attached hydrogens (tertiary/aromatic N) is 3. The SMILES string of the molecule is CCc1nc(-c2csc(S(=O)(=O)N3CCC(C(=O)NCC4CCCO4)CC3)c2)no1. The Morgan fingerprint density at radius 1 is 1.33 bits per heavy atom. The fourth-order valence-electron chi connectivity index (χ4n) is 3.73. The van der Waals surface area contributed by atoms with Gasteiger partial charge < -0.3 is 14.6 Å². The van der Waals surface area contributed by atoms with Gasteiger partial charge in [0.15, 0.2) is 0 Å². The number of piperidine rings is 1. The van der Waals surface area contributed by atoms with Gasteiger partial charge in [-0.3, -0.25) is 4.79 Å². The second-order valence-electron chi connectivity index (χ2n) is 7.58. The van der Waals surface area contributed by atoms with Crippen molar-refractivity contribution in [2.75, 3.05) is 26.2 Å². The molecule has 0 aliphatic carbocycles. The zero-order chi connectivity index (χ0) is 21.1. The number of amides is 1. The molecule has 0 bridgehead atoms. The quantitative estimate of drug-likeness (QED) is 0.681. The summed E-state index contributed by atoms with van der Waals surface area (Å²) in [6.45, 7) is 3.86. The number of sulfonamides is 1. The Morgan fingerprint density at radius 2 is 2.13 bits per heavy atom. The van der Waals surface area contributed by atoms with Crippen LogP contribution in [-0.2, 0) is 26.0 Å². The molecule has 1 unspecified atom stereocenters. The largest absolute Gasteiger partial charge is 0.376 e. The van der Waals surface area contributed by atoms with E-state index in [1.807, 2.05) is 6.92 Å². The van der Waals surface area contributed by atoms with Crippen LogP contribution in [-0.4, -0.2) is 61.1 Å². The predicted octanol–water partition coefficient (Wildman–Crippen LogP) is 2.06. The maximum Gasteiger partial charge on any atom is 0.252 e. The lowest BCUT2D eigenvalue weighted by atomic mass is 9.97. The summed E-state index contributed by atoms with van der Waals surface area (Å²) >= 11 is 1.15. The Kier molecular flexibility index (Phi) is 6.51. The van der Waals surface area contributed by atoms with Crippen molar-refractivity contribution in [1.29, 1.82) is 0 Å². The van der Waals surface area contributed by atoms with Gasteiger partial charge in [-0.05, 0) is 31.7 Å². The number of hydrogen-bond acceptors (Lipinski definition) is 8. The number of aryl methyl sites for hydroxylation is 1. The lowest BCUT2D eigenvalue weighted by Crippen LogP contribution is -2.44. The molecule has 2 aromatic rings. The van der Waals surface area contributed by atoms with Crippen molar-refractivity contribution < 1.29 is 22.5 Å². The molecule has 11 heteroatoms. The average Bonchev–Trinajstić information content (AvgIpc) is 3.53. The number of aromatic nitrogens is 2. The number of carbonyl (C=O) groups excluding carboxylic acids is 1. The van der Waals surface area contributed by atoms with E-state index in [0.29, 0.717) is 56.2 Å². The molecule has 0 aromatic carbocycles. The Balaban J connectivity index is 1.34. The number of thiophene rings is 1. The van der Waals surface area contributed by atoms with Gasteiger partial charge in [-0.2, -0.15) is 9.29 Å². The highest BCUT2D eigenvalue weighted by Crippen LogP contribution is 2.31. The van der Waals surface area contributed by atoms with E-state index in [1.165, 1.54) is 4.31 Å². The van der Waals surface area contributed by atoms with E-state index in [0.717, 1.165) is 30.8 Å². The van der Waals surface area contributed by atoms with Crippen LogP contribution < -0.4 is 5.32 Å².